The van der Waals surface area contributed by atoms with Gasteiger partial charge in [-0.3, -0.25) is 4.79 Å². The van der Waals surface area contributed by atoms with E-state index in [1.54, 1.807) is 6.07 Å². The summed E-state index contributed by atoms with van der Waals surface area (Å²) in [5, 5.41) is 0. The van der Waals surface area contributed by atoms with Gasteiger partial charge in [-0.1, -0.05) is 25.0 Å². The van der Waals surface area contributed by atoms with Crippen LogP contribution in [0.5, 0.6) is 0 Å². The van der Waals surface area contributed by atoms with E-state index >= 15 is 0 Å². The van der Waals surface area contributed by atoms with Crippen molar-refractivity contribution in [2.75, 3.05) is 0 Å². The van der Waals surface area contributed by atoms with E-state index < -0.39 is 0 Å². The molecule has 15 heavy (non-hydrogen) atoms. The molecule has 1 aromatic carbocycles. The summed E-state index contributed by atoms with van der Waals surface area (Å²) in [6.45, 7) is 0. The maximum Gasteiger partial charge on any atom is 0.140 e. The van der Waals surface area contributed by atoms with Crippen LogP contribution in [-0.2, 0) is 11.2 Å². The van der Waals surface area contributed by atoms with Crippen LogP contribution in [0.15, 0.2) is 24.3 Å². The third kappa shape index (κ3) is 2.65. The van der Waals surface area contributed by atoms with Crippen LogP contribution in [0.25, 0.3) is 0 Å². The lowest BCUT2D eigenvalue weighted by Crippen LogP contribution is -2.13. The number of hydrogen-bond donors (Lipinski definition) is 0. The quantitative estimate of drug-likeness (QED) is 0.742. The SMILES string of the molecule is O=C(Cc1cccc(F)c1)C1CCCC1. The summed E-state index contributed by atoms with van der Waals surface area (Å²) < 4.78 is 12.9. The Morgan fingerprint density at radius 1 is 1.33 bits per heavy atom. The first-order valence-corrected chi connectivity index (χ1v) is 5.53. The number of hydrogen-bond acceptors (Lipinski definition) is 1. The first-order chi connectivity index (χ1) is 7.25. The molecule has 0 aliphatic heterocycles. The van der Waals surface area contributed by atoms with E-state index in [1.807, 2.05) is 6.07 Å². The molecular formula is C13H15FO. The Morgan fingerprint density at radius 2 is 2.07 bits per heavy atom. The van der Waals surface area contributed by atoms with Crippen LogP contribution < -0.4 is 0 Å². The largest absolute Gasteiger partial charge is 0.299 e. The molecule has 2 rings (SSSR count). The van der Waals surface area contributed by atoms with Gasteiger partial charge in [-0.25, -0.2) is 4.39 Å². The van der Waals surface area contributed by atoms with Crippen molar-refractivity contribution in [3.8, 4) is 0 Å². The van der Waals surface area contributed by atoms with Crippen LogP contribution >= 0.6 is 0 Å². The normalized spacial score (nSPS) is 16.9. The second kappa shape index (κ2) is 4.56. The third-order valence-electron chi connectivity index (χ3n) is 3.08. The van der Waals surface area contributed by atoms with Crippen molar-refractivity contribution >= 4 is 5.78 Å². The zero-order valence-corrected chi connectivity index (χ0v) is 8.71. The fourth-order valence-corrected chi connectivity index (χ4v) is 2.24. The molecule has 0 unspecified atom stereocenters. The van der Waals surface area contributed by atoms with Crippen LogP contribution in [0, 0.1) is 11.7 Å². The predicted octanol–water partition coefficient (Wildman–Crippen LogP) is 3.13. The van der Waals surface area contributed by atoms with Crippen molar-refractivity contribution in [1.29, 1.82) is 0 Å². The molecule has 1 aliphatic carbocycles. The minimum atomic E-state index is -0.258. The molecule has 1 nitrogen and oxygen atoms in total. The lowest BCUT2D eigenvalue weighted by molar-refractivity contribution is -0.122. The molecule has 1 saturated carbocycles. The van der Waals surface area contributed by atoms with E-state index in [1.165, 1.54) is 25.0 Å². The topological polar surface area (TPSA) is 17.1 Å². The monoisotopic (exact) mass is 206 g/mol. The summed E-state index contributed by atoms with van der Waals surface area (Å²) >= 11 is 0. The van der Waals surface area contributed by atoms with Crippen molar-refractivity contribution < 1.29 is 9.18 Å². The zero-order valence-electron chi connectivity index (χ0n) is 8.71. The van der Waals surface area contributed by atoms with E-state index in [0.717, 1.165) is 18.4 Å². The van der Waals surface area contributed by atoms with Crippen molar-refractivity contribution in [3.63, 3.8) is 0 Å². The van der Waals surface area contributed by atoms with Gasteiger partial charge in [-0.2, -0.15) is 0 Å². The number of Topliss-reactive ketones (excluding diaryl/α,β-unsaturated/α-hetero) is 1. The van der Waals surface area contributed by atoms with Gasteiger partial charge in [0.25, 0.3) is 0 Å². The summed E-state index contributed by atoms with van der Waals surface area (Å²) in [7, 11) is 0. The highest BCUT2D eigenvalue weighted by molar-refractivity contribution is 5.83. The van der Waals surface area contributed by atoms with E-state index in [2.05, 4.69) is 0 Å². The maximum atomic E-state index is 12.9. The molecule has 0 saturated heterocycles. The number of benzene rings is 1. The molecule has 80 valence electrons. The molecule has 0 N–H and O–H groups in total. The van der Waals surface area contributed by atoms with Crippen LogP contribution in [0.1, 0.15) is 31.2 Å². The van der Waals surface area contributed by atoms with Gasteiger partial charge in [0.2, 0.25) is 0 Å². The van der Waals surface area contributed by atoms with Gasteiger partial charge in [-0.05, 0) is 30.5 Å². The number of carbonyl (C=O) groups is 1. The number of carbonyl (C=O) groups excluding carboxylic acids is 1. The molecular weight excluding hydrogens is 191 g/mol. The molecule has 2 heteroatoms. The molecule has 0 spiro atoms. The highest BCUT2D eigenvalue weighted by Gasteiger charge is 2.22. The van der Waals surface area contributed by atoms with E-state index in [9.17, 15) is 9.18 Å². The van der Waals surface area contributed by atoms with E-state index in [0.29, 0.717) is 6.42 Å². The standard InChI is InChI=1S/C13H15FO/c14-12-7-3-4-10(8-12)9-13(15)11-5-1-2-6-11/h3-4,7-8,11H,1-2,5-6,9H2. The summed E-state index contributed by atoms with van der Waals surface area (Å²) in [5.74, 6) is 0.248. The molecule has 0 heterocycles. The van der Waals surface area contributed by atoms with Gasteiger partial charge in [0.05, 0.1) is 0 Å². The Bertz CT molecular complexity index is 353. The Morgan fingerprint density at radius 3 is 2.73 bits per heavy atom. The number of ketones is 1. The Balaban J connectivity index is 1.99. The van der Waals surface area contributed by atoms with Crippen LogP contribution in [-0.4, -0.2) is 5.78 Å². The van der Waals surface area contributed by atoms with Crippen molar-refractivity contribution in [2.45, 2.75) is 32.1 Å². The second-order valence-electron chi connectivity index (χ2n) is 4.25. The lowest BCUT2D eigenvalue weighted by Gasteiger charge is -2.07. The molecule has 0 bridgehead atoms. The van der Waals surface area contributed by atoms with E-state index in [4.69, 9.17) is 0 Å². The summed E-state index contributed by atoms with van der Waals surface area (Å²) in [6, 6.07) is 6.33. The third-order valence-corrected chi connectivity index (χ3v) is 3.08. The van der Waals surface area contributed by atoms with Gasteiger partial charge in [-0.15, -0.1) is 0 Å². The molecule has 1 aliphatic rings. The first kappa shape index (κ1) is 10.3. The van der Waals surface area contributed by atoms with Crippen molar-refractivity contribution in [1.82, 2.24) is 0 Å². The lowest BCUT2D eigenvalue weighted by atomic mass is 9.97. The minimum absolute atomic E-state index is 0.230. The van der Waals surface area contributed by atoms with E-state index in [-0.39, 0.29) is 17.5 Å². The number of halogens is 1. The molecule has 1 aromatic rings. The summed E-state index contributed by atoms with van der Waals surface area (Å²) in [4.78, 5) is 11.8. The Kier molecular flexibility index (Phi) is 3.14. The molecule has 1 fully saturated rings. The Labute approximate surface area is 89.3 Å². The molecule has 0 aromatic heterocycles. The van der Waals surface area contributed by atoms with Crippen LogP contribution in [0.4, 0.5) is 4.39 Å². The van der Waals surface area contributed by atoms with Crippen molar-refractivity contribution in [3.05, 3.63) is 35.6 Å². The molecule has 0 amide bonds. The maximum absolute atomic E-state index is 12.9. The van der Waals surface area contributed by atoms with Gasteiger partial charge >= 0.3 is 0 Å². The van der Waals surface area contributed by atoms with Gasteiger partial charge in [0.15, 0.2) is 0 Å². The molecule has 0 radical (unpaired) electrons. The summed E-state index contributed by atoms with van der Waals surface area (Å²) in [5.41, 5.74) is 0.798. The van der Waals surface area contributed by atoms with Gasteiger partial charge in [0, 0.05) is 12.3 Å². The fraction of sp³-hybridized carbons (Fsp3) is 0.462. The first-order valence-electron chi connectivity index (χ1n) is 5.53. The summed E-state index contributed by atoms with van der Waals surface area (Å²) in [6.07, 6.45) is 4.77. The highest BCUT2D eigenvalue weighted by atomic mass is 19.1. The average molecular weight is 206 g/mol. The highest BCUT2D eigenvalue weighted by Crippen LogP contribution is 2.26. The number of rotatable bonds is 3. The van der Waals surface area contributed by atoms with Crippen LogP contribution in [0.2, 0.25) is 0 Å². The zero-order chi connectivity index (χ0) is 10.7. The van der Waals surface area contributed by atoms with Crippen molar-refractivity contribution in [2.24, 2.45) is 5.92 Å². The van der Waals surface area contributed by atoms with Crippen LogP contribution in [0.3, 0.4) is 0 Å². The predicted molar refractivity (Wildman–Crippen MR) is 57.1 cm³/mol. The average Bonchev–Trinajstić information content (AvgIpc) is 2.70. The van der Waals surface area contributed by atoms with Gasteiger partial charge < -0.3 is 0 Å². The second-order valence-corrected chi connectivity index (χ2v) is 4.25. The fourth-order valence-electron chi connectivity index (χ4n) is 2.24. The minimum Gasteiger partial charge on any atom is -0.299 e. The van der Waals surface area contributed by atoms with Gasteiger partial charge in [0.1, 0.15) is 11.6 Å². The smallest absolute Gasteiger partial charge is 0.140 e. The Hall–Kier alpha value is -1.18. The molecule has 0 atom stereocenters.